The van der Waals surface area contributed by atoms with E-state index in [0.29, 0.717) is 4.68 Å². The summed E-state index contributed by atoms with van der Waals surface area (Å²) in [7, 11) is 0. The van der Waals surface area contributed by atoms with Gasteiger partial charge in [0.1, 0.15) is 17.1 Å². The first-order valence-corrected chi connectivity index (χ1v) is 5.93. The molecule has 0 aliphatic carbocycles. The lowest BCUT2D eigenvalue weighted by atomic mass is 10.2. The van der Waals surface area contributed by atoms with Crippen LogP contribution >= 0.6 is 0 Å². The summed E-state index contributed by atoms with van der Waals surface area (Å²) < 4.78 is 57.5. The van der Waals surface area contributed by atoms with E-state index >= 15 is 0 Å². The fourth-order valence-corrected chi connectivity index (χ4v) is 1.70. The van der Waals surface area contributed by atoms with Crippen molar-refractivity contribution in [2.75, 3.05) is 6.61 Å². The maximum atomic E-state index is 13.6. The highest BCUT2D eigenvalue weighted by Gasteiger charge is 2.40. The van der Waals surface area contributed by atoms with Gasteiger partial charge in [0.25, 0.3) is 0 Å². The molecule has 21 heavy (non-hydrogen) atoms. The Bertz CT molecular complexity index is 664. The van der Waals surface area contributed by atoms with Gasteiger partial charge in [0.05, 0.1) is 6.61 Å². The Morgan fingerprint density at radius 1 is 1.33 bits per heavy atom. The van der Waals surface area contributed by atoms with Crippen molar-refractivity contribution in [3.63, 3.8) is 0 Å². The number of hydrogen-bond acceptors (Lipinski definition) is 3. The third-order valence-electron chi connectivity index (χ3n) is 2.58. The van der Waals surface area contributed by atoms with Crippen molar-refractivity contribution in [1.82, 2.24) is 9.78 Å². The number of ether oxygens (including phenoxy) is 1. The van der Waals surface area contributed by atoms with Gasteiger partial charge in [0.15, 0.2) is 5.69 Å². The molecule has 1 aromatic carbocycles. The first-order valence-electron chi connectivity index (χ1n) is 5.93. The van der Waals surface area contributed by atoms with Crippen molar-refractivity contribution >= 4 is 5.97 Å². The van der Waals surface area contributed by atoms with E-state index in [9.17, 15) is 22.4 Å². The number of nitrogens with zero attached hydrogens (tertiary/aromatic N) is 2. The van der Waals surface area contributed by atoms with Gasteiger partial charge in [-0.1, -0.05) is 12.1 Å². The Balaban J connectivity index is 2.56. The largest absolute Gasteiger partial charge is 0.462 e. The lowest BCUT2D eigenvalue weighted by Gasteiger charge is -2.05. The third kappa shape index (κ3) is 3.04. The summed E-state index contributed by atoms with van der Waals surface area (Å²) in [4.78, 5) is 11.6. The van der Waals surface area contributed by atoms with Gasteiger partial charge in [-0.2, -0.15) is 18.3 Å². The Hall–Kier alpha value is -2.38. The molecule has 0 N–H and O–H groups in total. The Labute approximate surface area is 116 Å². The molecule has 0 saturated heterocycles. The SMILES string of the molecule is CCOC(=O)c1cn(-c2ccccc2F)nc1C(F)(F)F. The van der Waals surface area contributed by atoms with Gasteiger partial charge in [0.2, 0.25) is 0 Å². The van der Waals surface area contributed by atoms with E-state index in [0.717, 1.165) is 12.3 Å². The topological polar surface area (TPSA) is 44.1 Å². The summed E-state index contributed by atoms with van der Waals surface area (Å²) in [6.07, 6.45) is -4.04. The summed E-state index contributed by atoms with van der Waals surface area (Å²) in [5.74, 6) is -1.92. The molecule has 0 aliphatic rings. The molecule has 1 heterocycles. The van der Waals surface area contributed by atoms with Gasteiger partial charge in [-0.25, -0.2) is 13.9 Å². The Kier molecular flexibility index (Phi) is 3.97. The molecule has 4 nitrogen and oxygen atoms in total. The average Bonchev–Trinajstić information content (AvgIpc) is 2.84. The standard InChI is InChI=1S/C13H10F4N2O2/c1-2-21-12(20)8-7-19(18-11(8)13(15,16)17)10-6-4-3-5-9(10)14/h3-7H,2H2,1H3. The van der Waals surface area contributed by atoms with Crippen LogP contribution in [0.3, 0.4) is 0 Å². The normalized spacial score (nSPS) is 11.5. The first kappa shape index (κ1) is 15.0. The monoisotopic (exact) mass is 302 g/mol. The summed E-state index contributed by atoms with van der Waals surface area (Å²) in [6, 6.07) is 5.16. The molecule has 0 atom stereocenters. The second-order valence-electron chi connectivity index (χ2n) is 4.01. The van der Waals surface area contributed by atoms with Crippen LogP contribution in [-0.2, 0) is 10.9 Å². The van der Waals surface area contributed by atoms with Crippen LogP contribution in [0.4, 0.5) is 17.6 Å². The second kappa shape index (κ2) is 5.55. The van der Waals surface area contributed by atoms with Crippen LogP contribution in [0, 0.1) is 5.82 Å². The molecule has 8 heteroatoms. The van der Waals surface area contributed by atoms with Crippen LogP contribution in [0.5, 0.6) is 0 Å². The van der Waals surface area contributed by atoms with Gasteiger partial charge >= 0.3 is 12.1 Å². The number of alkyl halides is 3. The number of benzene rings is 1. The van der Waals surface area contributed by atoms with Gasteiger partial charge < -0.3 is 4.74 Å². The molecule has 0 bridgehead atoms. The molecule has 0 fully saturated rings. The van der Waals surface area contributed by atoms with Crippen LogP contribution in [0.25, 0.3) is 5.69 Å². The van der Waals surface area contributed by atoms with Crippen LogP contribution in [0.1, 0.15) is 23.0 Å². The Morgan fingerprint density at radius 2 is 2.00 bits per heavy atom. The van der Waals surface area contributed by atoms with Gasteiger partial charge in [0, 0.05) is 6.20 Å². The Morgan fingerprint density at radius 3 is 2.57 bits per heavy atom. The van der Waals surface area contributed by atoms with Crippen molar-refractivity contribution < 1.29 is 27.1 Å². The zero-order valence-corrected chi connectivity index (χ0v) is 10.8. The summed E-state index contributed by atoms with van der Waals surface area (Å²) in [5, 5.41) is 3.27. The van der Waals surface area contributed by atoms with E-state index in [4.69, 9.17) is 0 Å². The lowest BCUT2D eigenvalue weighted by Crippen LogP contribution is -2.14. The molecule has 112 valence electrons. The van der Waals surface area contributed by atoms with Crippen molar-refractivity contribution in [2.24, 2.45) is 0 Å². The molecule has 0 radical (unpaired) electrons. The molecule has 0 amide bonds. The first-order chi connectivity index (χ1) is 9.84. The third-order valence-corrected chi connectivity index (χ3v) is 2.58. The average molecular weight is 302 g/mol. The smallest absolute Gasteiger partial charge is 0.436 e. The van der Waals surface area contributed by atoms with E-state index in [-0.39, 0.29) is 12.3 Å². The van der Waals surface area contributed by atoms with E-state index in [2.05, 4.69) is 9.84 Å². The lowest BCUT2D eigenvalue weighted by molar-refractivity contribution is -0.141. The number of halogens is 4. The predicted molar refractivity (Wildman–Crippen MR) is 64.5 cm³/mol. The number of para-hydroxylation sites is 1. The molecule has 2 aromatic rings. The highest BCUT2D eigenvalue weighted by atomic mass is 19.4. The maximum absolute atomic E-state index is 13.6. The van der Waals surface area contributed by atoms with Crippen LogP contribution in [0.2, 0.25) is 0 Å². The molecule has 0 spiro atoms. The van der Waals surface area contributed by atoms with Crippen molar-refractivity contribution in [1.29, 1.82) is 0 Å². The highest BCUT2D eigenvalue weighted by Crippen LogP contribution is 2.32. The summed E-state index contributed by atoms with van der Waals surface area (Å²) >= 11 is 0. The van der Waals surface area contributed by atoms with Crippen molar-refractivity contribution in [2.45, 2.75) is 13.1 Å². The fourth-order valence-electron chi connectivity index (χ4n) is 1.70. The molecular weight excluding hydrogens is 292 g/mol. The van der Waals surface area contributed by atoms with E-state index in [1.807, 2.05) is 0 Å². The second-order valence-corrected chi connectivity index (χ2v) is 4.01. The van der Waals surface area contributed by atoms with Crippen molar-refractivity contribution in [3.8, 4) is 5.69 Å². The van der Waals surface area contributed by atoms with Gasteiger partial charge in [-0.15, -0.1) is 0 Å². The van der Waals surface area contributed by atoms with Crippen molar-refractivity contribution in [3.05, 3.63) is 47.5 Å². The maximum Gasteiger partial charge on any atom is 0.436 e. The van der Waals surface area contributed by atoms with Gasteiger partial charge in [-0.05, 0) is 19.1 Å². The highest BCUT2D eigenvalue weighted by molar-refractivity contribution is 5.90. The quantitative estimate of drug-likeness (QED) is 0.646. The molecule has 1 aromatic heterocycles. The number of carbonyl (C=O) groups excluding carboxylic acids is 1. The number of hydrogen-bond donors (Lipinski definition) is 0. The fraction of sp³-hybridized carbons (Fsp3) is 0.231. The van der Waals surface area contributed by atoms with Crippen LogP contribution in [0.15, 0.2) is 30.5 Å². The summed E-state index contributed by atoms with van der Waals surface area (Å²) in [6.45, 7) is 1.38. The number of carbonyl (C=O) groups is 1. The van der Waals surface area contributed by atoms with Crippen LogP contribution in [-0.4, -0.2) is 22.4 Å². The molecule has 0 aliphatic heterocycles. The zero-order valence-electron chi connectivity index (χ0n) is 10.8. The minimum atomic E-state index is -4.85. The molecule has 2 rings (SSSR count). The van der Waals surface area contributed by atoms with Gasteiger partial charge in [-0.3, -0.25) is 0 Å². The van der Waals surface area contributed by atoms with E-state index in [1.54, 1.807) is 0 Å². The minimum absolute atomic E-state index is 0.0823. The van der Waals surface area contributed by atoms with E-state index in [1.165, 1.54) is 25.1 Å². The van der Waals surface area contributed by atoms with E-state index < -0.39 is 29.2 Å². The minimum Gasteiger partial charge on any atom is -0.462 e. The predicted octanol–water partition coefficient (Wildman–Crippen LogP) is 3.21. The number of esters is 1. The molecule has 0 saturated carbocycles. The summed E-state index contributed by atoms with van der Waals surface area (Å²) in [5.41, 5.74) is -2.37. The van der Waals surface area contributed by atoms with Crippen LogP contribution < -0.4 is 0 Å². The zero-order chi connectivity index (χ0) is 15.6. The number of rotatable bonds is 3. The molecule has 0 unspecified atom stereocenters. The molecular formula is C13H10F4N2O2. The number of aromatic nitrogens is 2.